The Kier molecular flexibility index (Phi) is 4.84. The van der Waals surface area contributed by atoms with Crippen molar-refractivity contribution in [3.8, 4) is 0 Å². The summed E-state index contributed by atoms with van der Waals surface area (Å²) in [6, 6.07) is 10.2. The van der Waals surface area contributed by atoms with Gasteiger partial charge in [0.2, 0.25) is 0 Å². The summed E-state index contributed by atoms with van der Waals surface area (Å²) in [6.45, 7) is 6.90. The lowest BCUT2D eigenvalue weighted by molar-refractivity contribution is 0.240. The van der Waals surface area contributed by atoms with Crippen LogP contribution in [0.5, 0.6) is 0 Å². The van der Waals surface area contributed by atoms with E-state index in [1.165, 1.54) is 56.3 Å². The van der Waals surface area contributed by atoms with Crippen LogP contribution in [0.3, 0.4) is 0 Å². The van der Waals surface area contributed by atoms with Crippen molar-refractivity contribution in [2.75, 3.05) is 18.0 Å². The first-order valence-electron chi connectivity index (χ1n) is 8.85. The van der Waals surface area contributed by atoms with E-state index in [1.807, 2.05) is 0 Å². The molecule has 2 heteroatoms. The van der Waals surface area contributed by atoms with Gasteiger partial charge >= 0.3 is 0 Å². The molecule has 0 radical (unpaired) electrons. The predicted octanol–water partition coefficient (Wildman–Crippen LogP) is 4.13. The quantitative estimate of drug-likeness (QED) is 0.898. The van der Waals surface area contributed by atoms with Crippen LogP contribution in [-0.2, 0) is 0 Å². The van der Waals surface area contributed by atoms with Gasteiger partial charge < -0.3 is 10.2 Å². The Bertz CT molecular complexity index is 451. The fraction of sp³-hybridized carbons (Fsp3) is 0.684. The fourth-order valence-corrected chi connectivity index (χ4v) is 4.22. The topological polar surface area (TPSA) is 15.3 Å². The number of hydrogen-bond acceptors (Lipinski definition) is 2. The highest BCUT2D eigenvalue weighted by Crippen LogP contribution is 2.31. The third-order valence-corrected chi connectivity index (χ3v) is 5.56. The number of nitrogens with zero attached hydrogens (tertiary/aromatic N) is 1. The van der Waals surface area contributed by atoms with Gasteiger partial charge in [0.1, 0.15) is 0 Å². The molecule has 1 aliphatic heterocycles. The number of anilines is 1. The molecule has 1 saturated carbocycles. The van der Waals surface area contributed by atoms with Gasteiger partial charge in [0.25, 0.3) is 0 Å². The minimum absolute atomic E-state index is 0.644. The highest BCUT2D eigenvalue weighted by Gasteiger charge is 2.32. The first kappa shape index (κ1) is 14.9. The van der Waals surface area contributed by atoms with Crippen LogP contribution in [0.2, 0.25) is 0 Å². The molecule has 2 atom stereocenters. The van der Waals surface area contributed by atoms with E-state index < -0.39 is 0 Å². The second-order valence-corrected chi connectivity index (χ2v) is 6.91. The molecule has 1 aromatic carbocycles. The van der Waals surface area contributed by atoms with Gasteiger partial charge in [0, 0.05) is 30.9 Å². The predicted molar refractivity (Wildman–Crippen MR) is 91.0 cm³/mol. The standard InChI is InChI=1S/C19H30N2/c1-3-17-13-20-18(16-10-5-4-6-11-16)14-21(17)19-12-8-7-9-15(19)2/h7-9,12,16-18,20H,3-6,10-11,13-14H2,1-2H3. The summed E-state index contributed by atoms with van der Waals surface area (Å²) in [5.74, 6) is 0.892. The smallest absolute Gasteiger partial charge is 0.0412 e. The lowest BCUT2D eigenvalue weighted by atomic mass is 9.82. The molecule has 1 heterocycles. The van der Waals surface area contributed by atoms with Gasteiger partial charge in [-0.2, -0.15) is 0 Å². The summed E-state index contributed by atoms with van der Waals surface area (Å²) in [7, 11) is 0. The molecule has 2 nitrogen and oxygen atoms in total. The van der Waals surface area contributed by atoms with Gasteiger partial charge in [0.05, 0.1) is 0 Å². The lowest BCUT2D eigenvalue weighted by Gasteiger charge is -2.45. The largest absolute Gasteiger partial charge is 0.365 e. The van der Waals surface area contributed by atoms with Crippen molar-refractivity contribution < 1.29 is 0 Å². The summed E-state index contributed by atoms with van der Waals surface area (Å²) >= 11 is 0. The van der Waals surface area contributed by atoms with Gasteiger partial charge in [0.15, 0.2) is 0 Å². The van der Waals surface area contributed by atoms with E-state index in [4.69, 9.17) is 0 Å². The zero-order valence-electron chi connectivity index (χ0n) is 13.6. The highest BCUT2D eigenvalue weighted by molar-refractivity contribution is 5.54. The summed E-state index contributed by atoms with van der Waals surface area (Å²) in [4.78, 5) is 2.69. The maximum atomic E-state index is 3.87. The first-order chi connectivity index (χ1) is 10.3. The van der Waals surface area contributed by atoms with Crippen molar-refractivity contribution in [1.29, 1.82) is 0 Å². The molecule has 3 rings (SSSR count). The van der Waals surface area contributed by atoms with Crippen molar-refractivity contribution in [2.24, 2.45) is 5.92 Å². The average Bonchev–Trinajstić information content (AvgIpc) is 2.55. The zero-order chi connectivity index (χ0) is 14.7. The van der Waals surface area contributed by atoms with Crippen LogP contribution in [-0.4, -0.2) is 25.2 Å². The number of benzene rings is 1. The molecule has 2 aliphatic rings. The molecule has 1 aliphatic carbocycles. The minimum Gasteiger partial charge on any atom is -0.365 e. The van der Waals surface area contributed by atoms with E-state index in [1.54, 1.807) is 0 Å². The molecule has 0 amide bonds. The Labute approximate surface area is 129 Å². The third-order valence-electron chi connectivity index (χ3n) is 5.56. The number of piperazine rings is 1. The van der Waals surface area contributed by atoms with Crippen LogP contribution < -0.4 is 10.2 Å². The van der Waals surface area contributed by atoms with Crippen LogP contribution >= 0.6 is 0 Å². The van der Waals surface area contributed by atoms with Crippen LogP contribution in [0, 0.1) is 12.8 Å². The molecule has 2 fully saturated rings. The van der Waals surface area contributed by atoms with Gasteiger partial charge in [-0.1, -0.05) is 44.4 Å². The molecular formula is C19H30N2. The first-order valence-corrected chi connectivity index (χ1v) is 8.85. The second kappa shape index (κ2) is 6.83. The summed E-state index contributed by atoms with van der Waals surface area (Å²) in [5, 5.41) is 3.87. The molecule has 2 unspecified atom stereocenters. The zero-order valence-corrected chi connectivity index (χ0v) is 13.6. The summed E-state index contributed by atoms with van der Waals surface area (Å²) in [6.07, 6.45) is 8.39. The van der Waals surface area contributed by atoms with Crippen molar-refractivity contribution >= 4 is 5.69 Å². The molecule has 1 N–H and O–H groups in total. The number of nitrogens with one attached hydrogen (secondary N) is 1. The van der Waals surface area contributed by atoms with Gasteiger partial charge in [-0.25, -0.2) is 0 Å². The van der Waals surface area contributed by atoms with Crippen molar-refractivity contribution in [3.63, 3.8) is 0 Å². The molecule has 0 aromatic heterocycles. The molecule has 0 spiro atoms. The Morgan fingerprint density at radius 3 is 2.62 bits per heavy atom. The van der Waals surface area contributed by atoms with Gasteiger partial charge in [-0.05, 0) is 43.7 Å². The van der Waals surface area contributed by atoms with E-state index in [0.29, 0.717) is 12.1 Å². The van der Waals surface area contributed by atoms with E-state index in [2.05, 4.69) is 48.3 Å². The Balaban J connectivity index is 1.77. The second-order valence-electron chi connectivity index (χ2n) is 6.91. The molecular weight excluding hydrogens is 256 g/mol. The van der Waals surface area contributed by atoms with E-state index in [0.717, 1.165) is 12.5 Å². The van der Waals surface area contributed by atoms with Crippen molar-refractivity contribution in [1.82, 2.24) is 5.32 Å². The van der Waals surface area contributed by atoms with Crippen LogP contribution in [0.25, 0.3) is 0 Å². The number of aryl methyl sites for hydroxylation is 1. The molecule has 1 saturated heterocycles. The molecule has 0 bridgehead atoms. The van der Waals surface area contributed by atoms with E-state index in [-0.39, 0.29) is 0 Å². The average molecular weight is 286 g/mol. The van der Waals surface area contributed by atoms with Crippen molar-refractivity contribution in [2.45, 2.75) is 64.5 Å². The molecule has 21 heavy (non-hydrogen) atoms. The number of rotatable bonds is 3. The third kappa shape index (κ3) is 3.26. The Morgan fingerprint density at radius 1 is 1.14 bits per heavy atom. The lowest BCUT2D eigenvalue weighted by Crippen LogP contribution is -2.59. The van der Waals surface area contributed by atoms with Crippen LogP contribution in [0.4, 0.5) is 5.69 Å². The fourth-order valence-electron chi connectivity index (χ4n) is 4.22. The highest BCUT2D eigenvalue weighted by atomic mass is 15.2. The monoisotopic (exact) mass is 286 g/mol. The normalized spacial score (nSPS) is 27.8. The van der Waals surface area contributed by atoms with Crippen LogP contribution in [0.1, 0.15) is 51.0 Å². The van der Waals surface area contributed by atoms with Gasteiger partial charge in [-0.15, -0.1) is 0 Å². The maximum Gasteiger partial charge on any atom is 0.0412 e. The van der Waals surface area contributed by atoms with Crippen LogP contribution in [0.15, 0.2) is 24.3 Å². The van der Waals surface area contributed by atoms with E-state index in [9.17, 15) is 0 Å². The van der Waals surface area contributed by atoms with E-state index >= 15 is 0 Å². The number of hydrogen-bond donors (Lipinski definition) is 1. The maximum absolute atomic E-state index is 3.87. The van der Waals surface area contributed by atoms with Crippen molar-refractivity contribution in [3.05, 3.63) is 29.8 Å². The Hall–Kier alpha value is -1.02. The Morgan fingerprint density at radius 2 is 1.90 bits per heavy atom. The molecule has 116 valence electrons. The SMILES string of the molecule is CCC1CNC(C2CCCCC2)CN1c1ccccc1C. The number of para-hydroxylation sites is 1. The summed E-state index contributed by atoms with van der Waals surface area (Å²) in [5.41, 5.74) is 2.87. The molecule has 1 aromatic rings. The van der Waals surface area contributed by atoms with Gasteiger partial charge in [-0.3, -0.25) is 0 Å². The minimum atomic E-state index is 0.644. The summed E-state index contributed by atoms with van der Waals surface area (Å²) < 4.78 is 0.